The zero-order valence-corrected chi connectivity index (χ0v) is 31.7. The number of anilines is 2. The lowest BCUT2D eigenvalue weighted by atomic mass is 9.75. The fraction of sp³-hybridized carbons (Fsp3) is 0.400. The van der Waals surface area contributed by atoms with Gasteiger partial charge in [-0.2, -0.15) is 4.39 Å². The van der Waals surface area contributed by atoms with Gasteiger partial charge in [0.1, 0.15) is 11.4 Å². The summed E-state index contributed by atoms with van der Waals surface area (Å²) in [6, 6.07) is 11.8. The number of aromatic nitrogens is 1. The van der Waals surface area contributed by atoms with Crippen LogP contribution in [0.3, 0.4) is 0 Å². The number of fused-ring (bicyclic) bond motifs is 2. The molecule has 4 aromatic rings. The number of carbonyl (C=O) groups is 1. The summed E-state index contributed by atoms with van der Waals surface area (Å²) in [6.45, 7) is 24.3. The van der Waals surface area contributed by atoms with Crippen LogP contribution in [0.1, 0.15) is 96.5 Å². The van der Waals surface area contributed by atoms with Crippen LogP contribution in [0.15, 0.2) is 69.5 Å². The largest absolute Gasteiger partial charge is 0.583 e. The number of nitrogens with one attached hydrogen (secondary N) is 1. The van der Waals surface area contributed by atoms with E-state index in [1.54, 1.807) is 30.3 Å². The van der Waals surface area contributed by atoms with Gasteiger partial charge in [-0.25, -0.2) is 4.98 Å². The number of carbonyl (C=O) groups excluding carboxylic acids is 1. The number of hydrogen-bond acceptors (Lipinski definition) is 9. The number of halogens is 1. The van der Waals surface area contributed by atoms with E-state index in [4.69, 9.17) is 9.17 Å². The summed E-state index contributed by atoms with van der Waals surface area (Å²) in [5, 5.41) is 17.9. The topological polar surface area (TPSA) is 117 Å². The van der Waals surface area contributed by atoms with Gasteiger partial charge in [-0.1, -0.05) is 52.0 Å². The van der Waals surface area contributed by atoms with Crippen LogP contribution in [0.5, 0.6) is 0 Å². The highest BCUT2D eigenvalue weighted by atomic mass is 19.1. The highest BCUT2D eigenvalue weighted by Crippen LogP contribution is 2.37. The van der Waals surface area contributed by atoms with E-state index in [-0.39, 0.29) is 22.7 Å². The maximum Gasteiger partial charge on any atom is 0.583 e. The second-order valence-electron chi connectivity index (χ2n) is 13.5. The summed E-state index contributed by atoms with van der Waals surface area (Å²) in [7, 11) is -1.16. The molecule has 11 heteroatoms. The molecule has 6 rings (SSSR count). The predicted molar refractivity (Wildman–Crippen MR) is 209 cm³/mol. The van der Waals surface area contributed by atoms with Gasteiger partial charge in [-0.15, -0.1) is 11.7 Å². The number of rotatable bonds is 5. The van der Waals surface area contributed by atoms with E-state index in [0.29, 0.717) is 50.4 Å². The van der Waals surface area contributed by atoms with E-state index >= 15 is 0 Å². The van der Waals surface area contributed by atoms with Gasteiger partial charge in [-0.05, 0) is 95.2 Å². The summed E-state index contributed by atoms with van der Waals surface area (Å²) in [6.07, 6.45) is 5.30. The Morgan fingerprint density at radius 3 is 2.37 bits per heavy atom. The Hall–Kier alpha value is -4.77. The second kappa shape index (κ2) is 17.9. The molecule has 1 saturated heterocycles. The minimum Gasteiger partial charge on any atom is -0.440 e. The van der Waals surface area contributed by atoms with E-state index in [1.807, 2.05) is 53.7 Å². The lowest BCUT2D eigenvalue weighted by molar-refractivity contribution is -0.115. The average molecular weight is 699 g/mol. The number of oxime groups is 1. The number of pyridine rings is 1. The predicted octanol–water partition coefficient (Wildman–Crippen LogP) is 8.28. The molecule has 1 atom stereocenters. The first-order chi connectivity index (χ1) is 24.1. The zero-order chi connectivity index (χ0) is 38.0. The molecule has 0 aliphatic carbocycles. The quantitative estimate of drug-likeness (QED) is 0.122. The summed E-state index contributed by atoms with van der Waals surface area (Å²) >= 11 is 0. The SMILES string of the molecule is C=CC.CC.CC(C)=O.Cc1cc(C(C)Nc2ccc(F)nc2-c2ccc3c(c2)C=NOB3O)c2oc(N3CCC(C)(C)CC3)c(C)c(=O)c2c1. The molecule has 9 nitrogen and oxygen atoms in total. The minimum absolute atomic E-state index is 0.0285. The molecule has 2 aliphatic heterocycles. The highest BCUT2D eigenvalue weighted by molar-refractivity contribution is 6.62. The van der Waals surface area contributed by atoms with Crippen molar-refractivity contribution in [3.8, 4) is 11.3 Å². The first kappa shape index (κ1) is 40.7. The average Bonchev–Trinajstić information content (AvgIpc) is 3.08. The van der Waals surface area contributed by atoms with E-state index in [1.165, 1.54) is 26.1 Å². The molecule has 272 valence electrons. The van der Waals surface area contributed by atoms with Crippen LogP contribution < -0.4 is 21.1 Å². The Morgan fingerprint density at radius 2 is 1.75 bits per heavy atom. The standard InChI is InChI=1S/C32H34BFN4O4.C3H6O.C3H6.C2H6/c1-18-14-23(30-24(15-18)29(39)19(2)31(41-30)38-12-10-32(4,5)11-13-38)20(3)36-26-8-9-27(34)37-28(26)21-6-7-25-22(16-21)17-35-42-33(25)40;1-3(2)4;1-3-2;1-2/h6-9,14-17,20,36,40H,10-13H2,1-5H3;1-2H3;3H,1H2,2H3;1-2H3. The smallest absolute Gasteiger partial charge is 0.440 e. The van der Waals surface area contributed by atoms with Crippen LogP contribution in [0.25, 0.3) is 22.2 Å². The number of Topliss-reactive ketones (excluding diaryl/α,β-unsaturated/α-hetero) is 1. The van der Waals surface area contributed by atoms with Crippen molar-refractivity contribution in [3.05, 3.63) is 93.5 Å². The van der Waals surface area contributed by atoms with E-state index < -0.39 is 13.1 Å². The van der Waals surface area contributed by atoms with Crippen LogP contribution >= 0.6 is 0 Å². The Balaban J connectivity index is 0.000000709. The number of allylic oxidation sites excluding steroid dienone is 1. The Kier molecular flexibility index (Phi) is 14.3. The molecule has 1 fully saturated rings. The third-order valence-electron chi connectivity index (χ3n) is 8.45. The van der Waals surface area contributed by atoms with E-state index in [9.17, 15) is 19.0 Å². The van der Waals surface area contributed by atoms with Crippen LogP contribution in [-0.2, 0) is 9.55 Å². The lowest BCUT2D eigenvalue weighted by Gasteiger charge is -2.37. The molecule has 51 heavy (non-hydrogen) atoms. The molecule has 0 amide bonds. The number of piperidine rings is 1. The first-order valence-corrected chi connectivity index (χ1v) is 17.5. The Bertz CT molecular complexity index is 1930. The molecule has 0 saturated carbocycles. The molecule has 0 radical (unpaired) electrons. The Labute approximate surface area is 301 Å². The van der Waals surface area contributed by atoms with Gasteiger partial charge in [0.05, 0.1) is 34.6 Å². The fourth-order valence-electron chi connectivity index (χ4n) is 5.84. The molecule has 0 spiro atoms. The summed E-state index contributed by atoms with van der Waals surface area (Å²) < 4.78 is 25.9. The lowest BCUT2D eigenvalue weighted by Crippen LogP contribution is -2.38. The van der Waals surface area contributed by atoms with Crippen molar-refractivity contribution in [1.29, 1.82) is 0 Å². The Morgan fingerprint density at radius 1 is 1.12 bits per heavy atom. The second-order valence-corrected chi connectivity index (χ2v) is 13.5. The maximum absolute atomic E-state index is 14.4. The summed E-state index contributed by atoms with van der Waals surface area (Å²) in [5.74, 6) is 0.182. The van der Waals surface area contributed by atoms with Gasteiger partial charge < -0.3 is 29.2 Å². The van der Waals surface area contributed by atoms with Crippen LogP contribution in [-0.4, -0.2) is 42.2 Å². The van der Waals surface area contributed by atoms with E-state index in [0.717, 1.165) is 37.1 Å². The van der Waals surface area contributed by atoms with E-state index in [2.05, 4.69) is 40.8 Å². The first-order valence-electron chi connectivity index (χ1n) is 17.5. The van der Waals surface area contributed by atoms with Crippen molar-refractivity contribution in [3.63, 3.8) is 0 Å². The number of nitrogens with zero attached hydrogens (tertiary/aromatic N) is 3. The third-order valence-corrected chi connectivity index (χ3v) is 8.45. The summed E-state index contributed by atoms with van der Waals surface area (Å²) in [5.41, 5.74) is 6.06. The molecule has 4 heterocycles. The number of hydrogen-bond donors (Lipinski definition) is 2. The minimum atomic E-state index is -1.16. The van der Waals surface area contributed by atoms with Gasteiger partial charge in [0, 0.05) is 29.7 Å². The molecule has 2 N–H and O–H groups in total. The highest BCUT2D eigenvalue weighted by Gasteiger charge is 2.29. The van der Waals surface area contributed by atoms with Crippen LogP contribution in [0, 0.1) is 25.2 Å². The normalized spacial score (nSPS) is 14.7. The molecular formula is C40H52BFN4O5. The van der Waals surface area contributed by atoms with Crippen molar-refractivity contribution >= 4 is 47.1 Å². The van der Waals surface area contributed by atoms with Gasteiger partial charge in [0.2, 0.25) is 11.8 Å². The molecule has 0 bridgehead atoms. The third kappa shape index (κ3) is 10.2. The number of benzene rings is 2. The van der Waals surface area contributed by atoms with Crippen molar-refractivity contribution in [2.45, 2.75) is 88.1 Å². The van der Waals surface area contributed by atoms with Gasteiger partial charge in [0.25, 0.3) is 0 Å². The van der Waals surface area contributed by atoms with Gasteiger partial charge in [0.15, 0.2) is 5.43 Å². The zero-order valence-electron chi connectivity index (χ0n) is 31.7. The van der Waals surface area contributed by atoms with Crippen molar-refractivity contribution < 1.29 is 23.4 Å². The van der Waals surface area contributed by atoms with Crippen LogP contribution in [0.2, 0.25) is 0 Å². The van der Waals surface area contributed by atoms with Crippen LogP contribution in [0.4, 0.5) is 16.0 Å². The fourth-order valence-corrected chi connectivity index (χ4v) is 5.84. The molecule has 2 aromatic carbocycles. The van der Waals surface area contributed by atoms with Gasteiger partial charge >= 0.3 is 7.12 Å². The van der Waals surface area contributed by atoms with Crippen molar-refractivity contribution in [2.24, 2.45) is 10.6 Å². The monoisotopic (exact) mass is 698 g/mol. The molecule has 2 aliphatic rings. The molecular weight excluding hydrogens is 646 g/mol. The number of aryl methyl sites for hydroxylation is 1. The van der Waals surface area contributed by atoms with Gasteiger partial charge in [-0.3, -0.25) is 4.79 Å². The maximum atomic E-state index is 14.4. The molecule has 1 unspecified atom stereocenters. The molecule has 2 aromatic heterocycles. The number of ketones is 1. The van der Waals surface area contributed by atoms with Crippen molar-refractivity contribution in [2.75, 3.05) is 23.3 Å². The summed E-state index contributed by atoms with van der Waals surface area (Å²) in [4.78, 5) is 29.5. The van der Waals surface area contributed by atoms with Crippen molar-refractivity contribution in [1.82, 2.24) is 4.98 Å².